The van der Waals surface area contributed by atoms with Gasteiger partial charge in [-0.15, -0.1) is 12.4 Å². The molecule has 2 N–H and O–H groups in total. The summed E-state index contributed by atoms with van der Waals surface area (Å²) >= 11 is 0. The van der Waals surface area contributed by atoms with Gasteiger partial charge in [0.2, 0.25) is 0 Å². The van der Waals surface area contributed by atoms with Crippen molar-refractivity contribution >= 4 is 12.4 Å². The van der Waals surface area contributed by atoms with Gasteiger partial charge in [-0.2, -0.15) is 5.10 Å². The number of hydrogen-bond donors (Lipinski definition) is 1. The zero-order valence-electron chi connectivity index (χ0n) is 12.2. The van der Waals surface area contributed by atoms with E-state index in [-0.39, 0.29) is 18.5 Å². The van der Waals surface area contributed by atoms with Crippen LogP contribution in [0.1, 0.15) is 19.4 Å². The number of ether oxygens (including phenoxy) is 1. The summed E-state index contributed by atoms with van der Waals surface area (Å²) in [6.45, 7) is 7.47. The van der Waals surface area contributed by atoms with E-state index in [0.717, 1.165) is 29.0 Å². The van der Waals surface area contributed by atoms with E-state index in [1.807, 2.05) is 37.0 Å². The number of benzene rings is 1. The second-order valence-corrected chi connectivity index (χ2v) is 4.93. The molecule has 0 unspecified atom stereocenters. The van der Waals surface area contributed by atoms with Crippen LogP contribution in [0.15, 0.2) is 30.6 Å². The summed E-state index contributed by atoms with van der Waals surface area (Å²) in [7, 11) is 0. The highest BCUT2D eigenvalue weighted by atomic mass is 35.5. The summed E-state index contributed by atoms with van der Waals surface area (Å²) in [5.74, 6) is 0.938. The number of aryl methyl sites for hydroxylation is 1. The Morgan fingerprint density at radius 2 is 2.05 bits per heavy atom. The zero-order chi connectivity index (χ0) is 13.8. The van der Waals surface area contributed by atoms with E-state index in [4.69, 9.17) is 10.5 Å². The Bertz CT molecular complexity index is 552. The molecule has 0 saturated heterocycles. The molecule has 1 aromatic heterocycles. The summed E-state index contributed by atoms with van der Waals surface area (Å²) in [4.78, 5) is 0. The van der Waals surface area contributed by atoms with Gasteiger partial charge in [-0.1, -0.05) is 6.07 Å². The standard InChI is InChI=1S/C15H21N3O.ClH/c1-11(2)19-15-5-4-13(8-12(15)3)14-9-17-18(10-14)7-6-16;/h4-5,8-11H,6-7,16H2,1-3H3;1H. The highest BCUT2D eigenvalue weighted by molar-refractivity contribution is 5.85. The number of aromatic nitrogens is 2. The van der Waals surface area contributed by atoms with E-state index in [1.54, 1.807) is 0 Å². The minimum Gasteiger partial charge on any atom is -0.491 e. The average Bonchev–Trinajstić information content (AvgIpc) is 2.80. The van der Waals surface area contributed by atoms with Crippen molar-refractivity contribution in [3.05, 3.63) is 36.2 Å². The quantitative estimate of drug-likeness (QED) is 0.922. The van der Waals surface area contributed by atoms with Crippen LogP contribution >= 0.6 is 12.4 Å². The van der Waals surface area contributed by atoms with Crippen LogP contribution < -0.4 is 10.5 Å². The summed E-state index contributed by atoms with van der Waals surface area (Å²) in [6.07, 6.45) is 4.08. The highest BCUT2D eigenvalue weighted by Gasteiger charge is 2.06. The monoisotopic (exact) mass is 295 g/mol. The van der Waals surface area contributed by atoms with Crippen LogP contribution in [0.25, 0.3) is 11.1 Å². The molecule has 4 nitrogen and oxygen atoms in total. The molecule has 110 valence electrons. The van der Waals surface area contributed by atoms with Crippen LogP contribution in [0.4, 0.5) is 0 Å². The van der Waals surface area contributed by atoms with Gasteiger partial charge in [0.1, 0.15) is 5.75 Å². The number of halogens is 1. The predicted molar refractivity (Wildman–Crippen MR) is 84.5 cm³/mol. The lowest BCUT2D eigenvalue weighted by molar-refractivity contribution is 0.241. The molecule has 2 rings (SSSR count). The van der Waals surface area contributed by atoms with Gasteiger partial charge >= 0.3 is 0 Å². The molecule has 0 bridgehead atoms. The Hall–Kier alpha value is -1.52. The van der Waals surface area contributed by atoms with Crippen molar-refractivity contribution in [3.63, 3.8) is 0 Å². The van der Waals surface area contributed by atoms with Gasteiger partial charge in [0.05, 0.1) is 18.8 Å². The van der Waals surface area contributed by atoms with E-state index in [1.165, 1.54) is 0 Å². The second-order valence-electron chi connectivity index (χ2n) is 4.93. The van der Waals surface area contributed by atoms with Crippen molar-refractivity contribution in [1.82, 2.24) is 9.78 Å². The predicted octanol–water partition coefficient (Wildman–Crippen LogP) is 3.03. The van der Waals surface area contributed by atoms with Crippen LogP contribution in [-0.4, -0.2) is 22.4 Å². The van der Waals surface area contributed by atoms with Gasteiger partial charge < -0.3 is 10.5 Å². The van der Waals surface area contributed by atoms with Crippen LogP contribution in [0.3, 0.4) is 0 Å². The Kier molecular flexibility index (Phi) is 6.05. The molecule has 0 aliphatic carbocycles. The lowest BCUT2D eigenvalue weighted by Gasteiger charge is -2.13. The molecule has 0 radical (unpaired) electrons. The van der Waals surface area contributed by atoms with Crippen LogP contribution in [0.5, 0.6) is 5.75 Å². The van der Waals surface area contributed by atoms with Gasteiger partial charge in [-0.05, 0) is 44.0 Å². The van der Waals surface area contributed by atoms with E-state index in [2.05, 4.69) is 24.2 Å². The minimum absolute atomic E-state index is 0. The lowest BCUT2D eigenvalue weighted by atomic mass is 10.1. The molecule has 1 heterocycles. The van der Waals surface area contributed by atoms with Crippen molar-refractivity contribution in [2.75, 3.05) is 6.54 Å². The normalized spacial score (nSPS) is 10.4. The maximum atomic E-state index is 5.74. The third-order valence-electron chi connectivity index (χ3n) is 2.86. The molecule has 5 heteroatoms. The first-order chi connectivity index (χ1) is 9.10. The zero-order valence-corrected chi connectivity index (χ0v) is 13.0. The Morgan fingerprint density at radius 1 is 1.30 bits per heavy atom. The van der Waals surface area contributed by atoms with E-state index >= 15 is 0 Å². The summed E-state index contributed by atoms with van der Waals surface area (Å²) < 4.78 is 7.61. The third kappa shape index (κ3) is 3.99. The third-order valence-corrected chi connectivity index (χ3v) is 2.86. The van der Waals surface area contributed by atoms with Crippen LogP contribution in [0, 0.1) is 6.92 Å². The first-order valence-corrected chi connectivity index (χ1v) is 6.60. The molecular weight excluding hydrogens is 274 g/mol. The molecule has 0 amide bonds. The molecule has 20 heavy (non-hydrogen) atoms. The minimum atomic E-state index is 0. The Morgan fingerprint density at radius 3 is 2.65 bits per heavy atom. The van der Waals surface area contributed by atoms with E-state index < -0.39 is 0 Å². The van der Waals surface area contributed by atoms with Gasteiger partial charge in [-0.25, -0.2) is 0 Å². The second kappa shape index (κ2) is 7.31. The largest absolute Gasteiger partial charge is 0.491 e. The maximum Gasteiger partial charge on any atom is 0.122 e. The van der Waals surface area contributed by atoms with Crippen molar-refractivity contribution < 1.29 is 4.74 Å². The molecule has 0 spiro atoms. The molecule has 0 aliphatic heterocycles. The highest BCUT2D eigenvalue weighted by Crippen LogP contribution is 2.26. The Labute approximate surface area is 126 Å². The molecule has 2 aromatic rings. The van der Waals surface area contributed by atoms with E-state index in [9.17, 15) is 0 Å². The topological polar surface area (TPSA) is 53.1 Å². The molecule has 0 atom stereocenters. The molecular formula is C15H22ClN3O. The van der Waals surface area contributed by atoms with Crippen LogP contribution in [-0.2, 0) is 6.54 Å². The van der Waals surface area contributed by atoms with Crippen LogP contribution in [0.2, 0.25) is 0 Å². The molecule has 0 saturated carbocycles. The fraction of sp³-hybridized carbons (Fsp3) is 0.400. The summed E-state index contributed by atoms with van der Waals surface area (Å²) in [5.41, 5.74) is 8.91. The van der Waals surface area contributed by atoms with Gasteiger partial charge in [0.25, 0.3) is 0 Å². The number of rotatable bonds is 5. The SMILES string of the molecule is Cc1cc(-c2cnn(CCN)c2)ccc1OC(C)C.Cl. The number of nitrogens with two attached hydrogens (primary N) is 1. The fourth-order valence-electron chi connectivity index (χ4n) is 1.98. The van der Waals surface area contributed by atoms with Gasteiger partial charge in [0, 0.05) is 18.3 Å². The molecule has 0 fully saturated rings. The number of hydrogen-bond acceptors (Lipinski definition) is 3. The van der Waals surface area contributed by atoms with Gasteiger partial charge in [-0.3, -0.25) is 4.68 Å². The van der Waals surface area contributed by atoms with Crippen molar-refractivity contribution in [2.45, 2.75) is 33.4 Å². The maximum absolute atomic E-state index is 5.74. The van der Waals surface area contributed by atoms with E-state index in [0.29, 0.717) is 6.54 Å². The first kappa shape index (κ1) is 16.5. The van der Waals surface area contributed by atoms with Crippen molar-refractivity contribution in [3.8, 4) is 16.9 Å². The Balaban J connectivity index is 0.00000200. The smallest absolute Gasteiger partial charge is 0.122 e. The van der Waals surface area contributed by atoms with Crippen molar-refractivity contribution in [1.29, 1.82) is 0 Å². The number of nitrogens with zero attached hydrogens (tertiary/aromatic N) is 2. The lowest BCUT2D eigenvalue weighted by Crippen LogP contribution is -2.09. The molecule has 0 aliphatic rings. The van der Waals surface area contributed by atoms with Gasteiger partial charge in [0.15, 0.2) is 0 Å². The summed E-state index contributed by atoms with van der Waals surface area (Å²) in [5, 5.41) is 4.29. The first-order valence-electron chi connectivity index (χ1n) is 6.60. The summed E-state index contributed by atoms with van der Waals surface area (Å²) in [6, 6.07) is 6.21. The fourth-order valence-corrected chi connectivity index (χ4v) is 1.98. The molecule has 1 aromatic carbocycles. The van der Waals surface area contributed by atoms with Crippen molar-refractivity contribution in [2.24, 2.45) is 5.73 Å². The average molecular weight is 296 g/mol.